The standard InChI is InChI=1S/C14H27N3O/c1-5-17(8-6-7-16(3)4)11-14-9-13(10-15-2)12-18-14/h9,12,15H,5-8,10-11H2,1-4H3. The van der Waals surface area contributed by atoms with Gasteiger partial charge in [0.15, 0.2) is 0 Å². The molecule has 0 aromatic carbocycles. The van der Waals surface area contributed by atoms with Crippen LogP contribution < -0.4 is 5.32 Å². The minimum atomic E-state index is 0.871. The van der Waals surface area contributed by atoms with E-state index in [0.29, 0.717) is 0 Å². The Morgan fingerprint density at radius 3 is 2.67 bits per heavy atom. The maximum atomic E-state index is 5.58. The van der Waals surface area contributed by atoms with Gasteiger partial charge in [-0.3, -0.25) is 4.90 Å². The van der Waals surface area contributed by atoms with Crippen LogP contribution in [0, 0.1) is 0 Å². The topological polar surface area (TPSA) is 31.6 Å². The smallest absolute Gasteiger partial charge is 0.118 e. The molecule has 0 amide bonds. The lowest BCUT2D eigenvalue weighted by atomic mass is 10.3. The Kier molecular flexibility index (Phi) is 7.01. The Morgan fingerprint density at radius 2 is 2.06 bits per heavy atom. The first-order valence-corrected chi connectivity index (χ1v) is 6.73. The summed E-state index contributed by atoms with van der Waals surface area (Å²) in [6, 6.07) is 2.14. The molecule has 0 bridgehead atoms. The summed E-state index contributed by atoms with van der Waals surface area (Å²) < 4.78 is 5.58. The fraction of sp³-hybridized carbons (Fsp3) is 0.714. The molecule has 4 heteroatoms. The molecule has 4 nitrogen and oxygen atoms in total. The van der Waals surface area contributed by atoms with Gasteiger partial charge < -0.3 is 14.6 Å². The predicted molar refractivity (Wildman–Crippen MR) is 75.6 cm³/mol. The predicted octanol–water partition coefficient (Wildman–Crippen LogP) is 1.77. The second kappa shape index (κ2) is 8.29. The van der Waals surface area contributed by atoms with E-state index in [0.717, 1.165) is 38.5 Å². The highest BCUT2D eigenvalue weighted by molar-refractivity contribution is 5.12. The molecule has 0 spiro atoms. The van der Waals surface area contributed by atoms with Gasteiger partial charge in [0.05, 0.1) is 12.8 Å². The van der Waals surface area contributed by atoms with Crippen molar-refractivity contribution in [3.8, 4) is 0 Å². The van der Waals surface area contributed by atoms with Crippen molar-refractivity contribution in [1.29, 1.82) is 0 Å². The van der Waals surface area contributed by atoms with Crippen molar-refractivity contribution in [2.24, 2.45) is 0 Å². The highest BCUT2D eigenvalue weighted by Crippen LogP contribution is 2.10. The first kappa shape index (κ1) is 15.2. The van der Waals surface area contributed by atoms with E-state index in [1.165, 1.54) is 12.0 Å². The summed E-state index contributed by atoms with van der Waals surface area (Å²) in [6.45, 7) is 7.31. The van der Waals surface area contributed by atoms with Crippen LogP contribution in [0.5, 0.6) is 0 Å². The summed E-state index contributed by atoms with van der Waals surface area (Å²) in [5, 5.41) is 3.13. The molecule has 1 N–H and O–H groups in total. The van der Waals surface area contributed by atoms with Crippen molar-refractivity contribution in [2.75, 3.05) is 40.8 Å². The largest absolute Gasteiger partial charge is 0.468 e. The Balaban J connectivity index is 2.36. The maximum Gasteiger partial charge on any atom is 0.118 e. The second-order valence-corrected chi connectivity index (χ2v) is 4.98. The minimum absolute atomic E-state index is 0.871. The van der Waals surface area contributed by atoms with Gasteiger partial charge in [-0.2, -0.15) is 0 Å². The van der Waals surface area contributed by atoms with E-state index in [9.17, 15) is 0 Å². The zero-order chi connectivity index (χ0) is 13.4. The molecule has 1 aromatic rings. The average molecular weight is 253 g/mol. The molecule has 0 saturated heterocycles. The molecular weight excluding hydrogens is 226 g/mol. The monoisotopic (exact) mass is 253 g/mol. The lowest BCUT2D eigenvalue weighted by Crippen LogP contribution is -2.26. The van der Waals surface area contributed by atoms with E-state index >= 15 is 0 Å². The fourth-order valence-electron chi connectivity index (χ4n) is 1.99. The molecule has 0 aliphatic carbocycles. The van der Waals surface area contributed by atoms with Crippen LogP contribution in [0.25, 0.3) is 0 Å². The minimum Gasteiger partial charge on any atom is -0.468 e. The Hall–Kier alpha value is -0.840. The summed E-state index contributed by atoms with van der Waals surface area (Å²) in [4.78, 5) is 4.65. The van der Waals surface area contributed by atoms with E-state index in [4.69, 9.17) is 4.42 Å². The van der Waals surface area contributed by atoms with Crippen molar-refractivity contribution in [3.05, 3.63) is 23.7 Å². The number of hydrogen-bond donors (Lipinski definition) is 1. The van der Waals surface area contributed by atoms with Crippen LogP contribution in [0.4, 0.5) is 0 Å². The van der Waals surface area contributed by atoms with Crippen LogP contribution in [-0.2, 0) is 13.1 Å². The highest BCUT2D eigenvalue weighted by atomic mass is 16.3. The van der Waals surface area contributed by atoms with E-state index in [1.807, 2.05) is 13.3 Å². The van der Waals surface area contributed by atoms with Gasteiger partial charge >= 0.3 is 0 Å². The average Bonchev–Trinajstić information content (AvgIpc) is 2.75. The molecule has 0 aliphatic heterocycles. The lowest BCUT2D eigenvalue weighted by molar-refractivity contribution is 0.240. The second-order valence-electron chi connectivity index (χ2n) is 4.98. The van der Waals surface area contributed by atoms with Gasteiger partial charge in [0.2, 0.25) is 0 Å². The normalized spacial score (nSPS) is 11.7. The zero-order valence-corrected chi connectivity index (χ0v) is 12.2. The van der Waals surface area contributed by atoms with E-state index in [-0.39, 0.29) is 0 Å². The number of nitrogens with one attached hydrogen (secondary N) is 1. The Bertz CT molecular complexity index is 323. The number of furan rings is 1. The summed E-state index contributed by atoms with van der Waals surface area (Å²) >= 11 is 0. The molecule has 1 heterocycles. The molecule has 0 saturated carbocycles. The first-order valence-electron chi connectivity index (χ1n) is 6.73. The summed E-state index contributed by atoms with van der Waals surface area (Å²) in [6.07, 6.45) is 3.05. The molecule has 0 fully saturated rings. The van der Waals surface area contributed by atoms with Gasteiger partial charge in [0, 0.05) is 12.1 Å². The van der Waals surface area contributed by atoms with Crippen LogP contribution in [0.3, 0.4) is 0 Å². The Morgan fingerprint density at radius 1 is 1.28 bits per heavy atom. The third kappa shape index (κ3) is 5.67. The molecular formula is C14H27N3O. The van der Waals surface area contributed by atoms with Crippen molar-refractivity contribution in [2.45, 2.75) is 26.4 Å². The van der Waals surface area contributed by atoms with Crippen molar-refractivity contribution < 1.29 is 4.42 Å². The molecule has 104 valence electrons. The molecule has 1 rings (SSSR count). The number of hydrogen-bond acceptors (Lipinski definition) is 4. The van der Waals surface area contributed by atoms with Gasteiger partial charge in [0.1, 0.15) is 5.76 Å². The van der Waals surface area contributed by atoms with Crippen LogP contribution >= 0.6 is 0 Å². The van der Waals surface area contributed by atoms with E-state index < -0.39 is 0 Å². The molecule has 1 aromatic heterocycles. The van der Waals surface area contributed by atoms with Gasteiger partial charge in [-0.05, 0) is 53.3 Å². The molecule has 18 heavy (non-hydrogen) atoms. The fourth-order valence-corrected chi connectivity index (χ4v) is 1.99. The van der Waals surface area contributed by atoms with E-state index in [1.54, 1.807) is 0 Å². The van der Waals surface area contributed by atoms with Crippen molar-refractivity contribution >= 4 is 0 Å². The van der Waals surface area contributed by atoms with Crippen molar-refractivity contribution in [3.63, 3.8) is 0 Å². The SMILES string of the molecule is CCN(CCCN(C)C)Cc1cc(CNC)co1. The zero-order valence-electron chi connectivity index (χ0n) is 12.2. The number of nitrogens with zero attached hydrogens (tertiary/aromatic N) is 2. The van der Waals surface area contributed by atoms with Crippen LogP contribution in [0.15, 0.2) is 16.7 Å². The van der Waals surface area contributed by atoms with Crippen LogP contribution in [0.2, 0.25) is 0 Å². The van der Waals surface area contributed by atoms with Gasteiger partial charge in [-0.1, -0.05) is 6.92 Å². The molecule has 0 unspecified atom stereocenters. The summed E-state index contributed by atoms with van der Waals surface area (Å²) in [5.74, 6) is 1.06. The Labute approximate surface area is 111 Å². The lowest BCUT2D eigenvalue weighted by Gasteiger charge is -2.20. The van der Waals surface area contributed by atoms with Crippen LogP contribution in [-0.4, -0.2) is 50.6 Å². The van der Waals surface area contributed by atoms with Crippen LogP contribution in [0.1, 0.15) is 24.7 Å². The number of rotatable bonds is 9. The molecule has 0 aliphatic rings. The quantitative estimate of drug-likeness (QED) is 0.727. The first-order chi connectivity index (χ1) is 8.65. The van der Waals surface area contributed by atoms with Gasteiger partial charge in [0.25, 0.3) is 0 Å². The third-order valence-corrected chi connectivity index (χ3v) is 3.00. The van der Waals surface area contributed by atoms with E-state index in [2.05, 4.69) is 42.2 Å². The maximum absolute atomic E-state index is 5.58. The highest BCUT2D eigenvalue weighted by Gasteiger charge is 2.07. The molecule has 0 radical (unpaired) electrons. The third-order valence-electron chi connectivity index (χ3n) is 3.00. The summed E-state index contributed by atoms with van der Waals surface area (Å²) in [7, 11) is 6.19. The van der Waals surface area contributed by atoms with Gasteiger partial charge in [-0.15, -0.1) is 0 Å². The summed E-state index contributed by atoms with van der Waals surface area (Å²) in [5.41, 5.74) is 1.22. The van der Waals surface area contributed by atoms with Gasteiger partial charge in [-0.25, -0.2) is 0 Å². The van der Waals surface area contributed by atoms with Crippen molar-refractivity contribution in [1.82, 2.24) is 15.1 Å². The molecule has 0 atom stereocenters.